The van der Waals surface area contributed by atoms with E-state index in [-0.39, 0.29) is 17.3 Å². The molecular formula is C32H34N4O3S. The van der Waals surface area contributed by atoms with Gasteiger partial charge in [-0.2, -0.15) is 0 Å². The lowest BCUT2D eigenvalue weighted by Crippen LogP contribution is -2.44. The molecular weight excluding hydrogens is 520 g/mol. The van der Waals surface area contributed by atoms with Gasteiger partial charge in [-0.1, -0.05) is 36.4 Å². The number of likely N-dealkylation sites (N-methyl/N-ethyl adjacent to an activating group) is 1. The summed E-state index contributed by atoms with van der Waals surface area (Å²) in [6.07, 6.45) is 2.88. The number of aromatic nitrogens is 1. The Kier molecular flexibility index (Phi) is 8.00. The number of piperazine rings is 1. The van der Waals surface area contributed by atoms with Crippen LogP contribution in [0.2, 0.25) is 0 Å². The number of hydrogen-bond acceptors (Lipinski definition) is 6. The number of hydrogen-bond donors (Lipinski definition) is 1. The van der Waals surface area contributed by atoms with Crippen molar-refractivity contribution in [3.8, 4) is 22.3 Å². The zero-order valence-corrected chi connectivity index (χ0v) is 23.9. The molecule has 4 aromatic rings. The zero-order chi connectivity index (χ0) is 28.3. The first-order valence-electron chi connectivity index (χ1n) is 13.4. The third-order valence-electron chi connectivity index (χ3n) is 7.36. The van der Waals surface area contributed by atoms with E-state index in [1.807, 2.05) is 12.1 Å². The lowest BCUT2D eigenvalue weighted by Gasteiger charge is -2.34. The van der Waals surface area contributed by atoms with Gasteiger partial charge in [0.25, 0.3) is 5.91 Å². The summed E-state index contributed by atoms with van der Waals surface area (Å²) in [5, 5.41) is 2.86. The number of carbonyl (C=O) groups is 1. The average molecular weight is 555 g/mol. The molecule has 0 spiro atoms. The molecule has 3 aromatic carbocycles. The molecule has 2 heterocycles. The molecule has 1 aliphatic rings. The van der Waals surface area contributed by atoms with Gasteiger partial charge in [-0.15, -0.1) is 0 Å². The summed E-state index contributed by atoms with van der Waals surface area (Å²) in [5.41, 5.74) is 7.24. The second kappa shape index (κ2) is 11.6. The lowest BCUT2D eigenvalue weighted by molar-refractivity contribution is 0.0950. The standard InChI is InChI=1S/C32H34N4O3S/c1-23-7-8-28(21-31(23)40(3,38)39)32(37)34-22-29-20-27(13-14-33-29)26-6-4-5-25(19-26)24-9-11-30(12-10-24)36-17-15-35(2)16-18-36/h4-14,19-21H,15-18,22H2,1-3H3,(H,34,37). The van der Waals surface area contributed by atoms with Crippen LogP contribution in [-0.4, -0.2) is 63.7 Å². The van der Waals surface area contributed by atoms with E-state index in [2.05, 4.69) is 75.7 Å². The fourth-order valence-electron chi connectivity index (χ4n) is 4.98. The van der Waals surface area contributed by atoms with E-state index in [9.17, 15) is 13.2 Å². The van der Waals surface area contributed by atoms with Crippen LogP contribution in [0.3, 0.4) is 0 Å². The number of nitrogens with one attached hydrogen (secondary N) is 1. The fourth-order valence-corrected chi connectivity index (χ4v) is 5.97. The van der Waals surface area contributed by atoms with Crippen molar-refractivity contribution >= 4 is 21.4 Å². The maximum absolute atomic E-state index is 12.8. The molecule has 0 aliphatic carbocycles. The van der Waals surface area contributed by atoms with Crippen molar-refractivity contribution in [2.45, 2.75) is 18.4 Å². The number of amides is 1. The number of rotatable bonds is 7. The minimum atomic E-state index is -3.42. The third-order valence-corrected chi connectivity index (χ3v) is 8.60. The highest BCUT2D eigenvalue weighted by atomic mass is 32.2. The van der Waals surface area contributed by atoms with Crippen LogP contribution in [0.4, 0.5) is 5.69 Å². The number of nitrogens with zero attached hydrogens (tertiary/aromatic N) is 3. The van der Waals surface area contributed by atoms with Gasteiger partial charge in [0, 0.05) is 49.9 Å². The van der Waals surface area contributed by atoms with Crippen LogP contribution in [0.1, 0.15) is 21.6 Å². The van der Waals surface area contributed by atoms with Gasteiger partial charge in [0.1, 0.15) is 0 Å². The maximum Gasteiger partial charge on any atom is 0.251 e. The van der Waals surface area contributed by atoms with Crippen molar-refractivity contribution in [3.63, 3.8) is 0 Å². The molecule has 40 heavy (non-hydrogen) atoms. The SMILES string of the molecule is Cc1ccc(C(=O)NCc2cc(-c3cccc(-c4ccc(N5CCN(C)CC5)cc4)c3)ccn2)cc1S(C)(=O)=O. The molecule has 1 aromatic heterocycles. The molecule has 1 N–H and O–H groups in total. The van der Waals surface area contributed by atoms with Crippen molar-refractivity contribution in [1.82, 2.24) is 15.2 Å². The predicted molar refractivity (Wildman–Crippen MR) is 160 cm³/mol. The molecule has 0 unspecified atom stereocenters. The molecule has 1 fully saturated rings. The monoisotopic (exact) mass is 554 g/mol. The number of benzene rings is 3. The van der Waals surface area contributed by atoms with Crippen LogP contribution < -0.4 is 10.2 Å². The van der Waals surface area contributed by atoms with E-state index in [0.717, 1.165) is 54.7 Å². The molecule has 1 amide bonds. The molecule has 0 bridgehead atoms. The van der Waals surface area contributed by atoms with Crippen LogP contribution in [-0.2, 0) is 16.4 Å². The van der Waals surface area contributed by atoms with E-state index in [0.29, 0.717) is 16.8 Å². The van der Waals surface area contributed by atoms with Gasteiger partial charge in [-0.3, -0.25) is 9.78 Å². The van der Waals surface area contributed by atoms with Crippen molar-refractivity contribution in [2.75, 3.05) is 44.4 Å². The summed E-state index contributed by atoms with van der Waals surface area (Å²) in [7, 11) is -1.26. The van der Waals surface area contributed by atoms with Crippen molar-refractivity contribution in [3.05, 3.63) is 102 Å². The number of anilines is 1. The molecule has 0 atom stereocenters. The van der Waals surface area contributed by atoms with E-state index < -0.39 is 9.84 Å². The average Bonchev–Trinajstić information content (AvgIpc) is 2.96. The summed E-state index contributed by atoms with van der Waals surface area (Å²) < 4.78 is 24.1. The van der Waals surface area contributed by atoms with Crippen LogP contribution in [0.25, 0.3) is 22.3 Å². The van der Waals surface area contributed by atoms with Crippen LogP contribution in [0.5, 0.6) is 0 Å². The Morgan fingerprint density at radius 3 is 2.23 bits per heavy atom. The van der Waals surface area contributed by atoms with Crippen molar-refractivity contribution in [2.24, 2.45) is 0 Å². The van der Waals surface area contributed by atoms with Gasteiger partial charge >= 0.3 is 0 Å². The van der Waals surface area contributed by atoms with E-state index in [1.165, 1.54) is 11.8 Å². The Hall–Kier alpha value is -4.01. The lowest BCUT2D eigenvalue weighted by atomic mass is 9.99. The summed E-state index contributed by atoms with van der Waals surface area (Å²) in [6.45, 7) is 6.19. The number of carbonyl (C=O) groups excluding carboxylic acids is 1. The van der Waals surface area contributed by atoms with Gasteiger partial charge in [-0.05, 0) is 84.3 Å². The largest absolute Gasteiger partial charge is 0.369 e. The topological polar surface area (TPSA) is 82.6 Å². The normalized spacial score (nSPS) is 14.2. The molecule has 1 saturated heterocycles. The quantitative estimate of drug-likeness (QED) is 0.353. The highest BCUT2D eigenvalue weighted by molar-refractivity contribution is 7.90. The van der Waals surface area contributed by atoms with E-state index in [1.54, 1.807) is 25.3 Å². The van der Waals surface area contributed by atoms with Crippen LogP contribution in [0.15, 0.2) is 90.0 Å². The number of aryl methyl sites for hydroxylation is 1. The molecule has 206 valence electrons. The number of pyridine rings is 1. The fraction of sp³-hybridized carbons (Fsp3) is 0.250. The maximum atomic E-state index is 12.8. The Labute approximate surface area is 236 Å². The smallest absolute Gasteiger partial charge is 0.251 e. The summed E-state index contributed by atoms with van der Waals surface area (Å²) >= 11 is 0. The predicted octanol–water partition coefficient (Wildman–Crippen LogP) is 4.81. The van der Waals surface area contributed by atoms with Gasteiger partial charge in [0.15, 0.2) is 9.84 Å². The molecule has 0 radical (unpaired) electrons. The van der Waals surface area contributed by atoms with Gasteiger partial charge in [-0.25, -0.2) is 8.42 Å². The summed E-state index contributed by atoms with van der Waals surface area (Å²) in [4.78, 5) is 22.1. The molecule has 0 saturated carbocycles. The van der Waals surface area contributed by atoms with E-state index >= 15 is 0 Å². The Balaban J connectivity index is 1.28. The van der Waals surface area contributed by atoms with Crippen LogP contribution >= 0.6 is 0 Å². The van der Waals surface area contributed by atoms with E-state index in [4.69, 9.17) is 0 Å². The summed E-state index contributed by atoms with van der Waals surface area (Å²) in [5.74, 6) is -0.348. The Morgan fingerprint density at radius 1 is 0.850 bits per heavy atom. The second-order valence-corrected chi connectivity index (χ2v) is 12.4. The van der Waals surface area contributed by atoms with Gasteiger partial charge < -0.3 is 15.1 Å². The second-order valence-electron chi connectivity index (χ2n) is 10.4. The summed E-state index contributed by atoms with van der Waals surface area (Å²) in [6, 6.07) is 25.8. The zero-order valence-electron chi connectivity index (χ0n) is 23.1. The first-order chi connectivity index (χ1) is 19.2. The molecule has 1 aliphatic heterocycles. The Bertz CT molecular complexity index is 1630. The third kappa shape index (κ3) is 6.41. The minimum absolute atomic E-state index is 0.161. The first-order valence-corrected chi connectivity index (χ1v) is 15.2. The van der Waals surface area contributed by atoms with Crippen LogP contribution in [0, 0.1) is 6.92 Å². The number of sulfone groups is 1. The molecule has 8 heteroatoms. The van der Waals surface area contributed by atoms with Crippen molar-refractivity contribution in [1.29, 1.82) is 0 Å². The highest BCUT2D eigenvalue weighted by Gasteiger charge is 2.16. The highest BCUT2D eigenvalue weighted by Crippen LogP contribution is 2.28. The molecule has 7 nitrogen and oxygen atoms in total. The minimum Gasteiger partial charge on any atom is -0.369 e. The molecule has 5 rings (SSSR count). The van der Waals surface area contributed by atoms with Gasteiger partial charge in [0.2, 0.25) is 0 Å². The van der Waals surface area contributed by atoms with Gasteiger partial charge in [0.05, 0.1) is 17.1 Å². The Morgan fingerprint density at radius 2 is 1.52 bits per heavy atom. The first kappa shape index (κ1) is 27.6. The van der Waals surface area contributed by atoms with Crippen molar-refractivity contribution < 1.29 is 13.2 Å².